The smallest absolute Gasteiger partial charge is 0.140 e. The van der Waals surface area contributed by atoms with Crippen molar-refractivity contribution in [3.63, 3.8) is 0 Å². The highest BCUT2D eigenvalue weighted by Gasteiger charge is 2.17. The number of benzene rings is 5. The van der Waals surface area contributed by atoms with Crippen molar-refractivity contribution in [1.29, 1.82) is 0 Å². The molecule has 0 saturated heterocycles. The molecule has 1 aliphatic heterocycles. The van der Waals surface area contributed by atoms with Gasteiger partial charge in [-0.2, -0.15) is 0 Å². The average Bonchev–Trinajstić information content (AvgIpc) is 3.39. The van der Waals surface area contributed by atoms with Gasteiger partial charge in [-0.25, -0.2) is 4.98 Å². The summed E-state index contributed by atoms with van der Waals surface area (Å²) in [6.07, 6.45) is 8.05. The van der Waals surface area contributed by atoms with E-state index in [9.17, 15) is 0 Å². The maximum absolute atomic E-state index is 4.65. The minimum absolute atomic E-state index is 0.0579. The second-order valence-corrected chi connectivity index (χ2v) is 10.8. The molecule has 0 spiro atoms. The maximum atomic E-state index is 4.65. The van der Waals surface area contributed by atoms with E-state index < -0.39 is 0 Å². The zero-order valence-corrected chi connectivity index (χ0v) is 24.9. The molecule has 212 valence electrons. The summed E-state index contributed by atoms with van der Waals surface area (Å²) in [6.45, 7) is 6.31. The van der Waals surface area contributed by atoms with Crippen LogP contribution in [0.15, 0.2) is 152 Å². The molecule has 0 saturated carbocycles. The molecule has 1 unspecified atom stereocenters. The van der Waals surface area contributed by atoms with Gasteiger partial charge in [0.15, 0.2) is 0 Å². The van der Waals surface area contributed by atoms with Crippen molar-refractivity contribution in [2.24, 2.45) is 7.05 Å². The van der Waals surface area contributed by atoms with E-state index in [2.05, 4.69) is 126 Å². The number of aromatic nitrogens is 2. The molecule has 5 aromatic carbocycles. The van der Waals surface area contributed by atoms with Crippen LogP contribution in [0.1, 0.15) is 17.3 Å². The molecule has 0 radical (unpaired) electrons. The lowest BCUT2D eigenvalue weighted by Gasteiger charge is -2.31. The van der Waals surface area contributed by atoms with Crippen molar-refractivity contribution in [3.05, 3.63) is 163 Å². The SMILES string of the molecule is C=C1/C=C\C=C/NC(c2ccc(-c3cccc4c(C)cccc34)cc2)N1C.Cn1c(-c2ccccc2)nc2ccccc21. The quantitative estimate of drug-likeness (QED) is 0.234. The Labute approximate surface area is 253 Å². The van der Waals surface area contributed by atoms with Gasteiger partial charge < -0.3 is 14.8 Å². The van der Waals surface area contributed by atoms with Crippen LogP contribution >= 0.6 is 0 Å². The number of nitrogens with zero attached hydrogens (tertiary/aromatic N) is 3. The van der Waals surface area contributed by atoms with Crippen LogP contribution < -0.4 is 5.32 Å². The molecule has 0 fully saturated rings. The van der Waals surface area contributed by atoms with Gasteiger partial charge in [0.05, 0.1) is 11.0 Å². The van der Waals surface area contributed by atoms with Gasteiger partial charge in [-0.3, -0.25) is 0 Å². The summed E-state index contributed by atoms with van der Waals surface area (Å²) in [4.78, 5) is 6.79. The van der Waals surface area contributed by atoms with E-state index in [0.717, 1.165) is 22.6 Å². The largest absolute Gasteiger partial charge is 0.368 e. The summed E-state index contributed by atoms with van der Waals surface area (Å²) in [5.74, 6) is 1.02. The number of para-hydroxylation sites is 2. The zero-order chi connectivity index (χ0) is 29.8. The third-order valence-electron chi connectivity index (χ3n) is 8.09. The molecule has 0 aliphatic carbocycles. The van der Waals surface area contributed by atoms with Crippen molar-refractivity contribution < 1.29 is 0 Å². The molecule has 4 heteroatoms. The fourth-order valence-electron chi connectivity index (χ4n) is 5.64. The lowest BCUT2D eigenvalue weighted by atomic mass is 9.95. The van der Waals surface area contributed by atoms with E-state index in [-0.39, 0.29) is 6.17 Å². The van der Waals surface area contributed by atoms with Crippen LogP contribution in [0.3, 0.4) is 0 Å². The zero-order valence-electron chi connectivity index (χ0n) is 24.9. The summed E-state index contributed by atoms with van der Waals surface area (Å²) < 4.78 is 2.13. The summed E-state index contributed by atoms with van der Waals surface area (Å²) in [5.41, 5.74) is 9.37. The van der Waals surface area contributed by atoms with Gasteiger partial charge in [0.2, 0.25) is 0 Å². The molecule has 1 aromatic heterocycles. The fourth-order valence-corrected chi connectivity index (χ4v) is 5.64. The van der Waals surface area contributed by atoms with E-state index in [1.54, 1.807) is 0 Å². The maximum Gasteiger partial charge on any atom is 0.140 e. The number of rotatable bonds is 3. The minimum Gasteiger partial charge on any atom is -0.368 e. The Balaban J connectivity index is 0.000000174. The highest BCUT2D eigenvalue weighted by molar-refractivity contribution is 5.98. The van der Waals surface area contributed by atoms with Crippen molar-refractivity contribution in [2.75, 3.05) is 7.05 Å². The van der Waals surface area contributed by atoms with E-state index in [0.29, 0.717) is 0 Å². The lowest BCUT2D eigenvalue weighted by Crippen LogP contribution is -2.32. The van der Waals surface area contributed by atoms with Crippen LogP contribution in [0.25, 0.3) is 44.3 Å². The highest BCUT2D eigenvalue weighted by Crippen LogP contribution is 2.32. The molecule has 1 aliphatic rings. The molecule has 7 rings (SSSR count). The van der Waals surface area contributed by atoms with Crippen LogP contribution in [0.5, 0.6) is 0 Å². The number of hydrogen-bond donors (Lipinski definition) is 1. The summed E-state index contributed by atoms with van der Waals surface area (Å²) in [5, 5.41) is 6.06. The van der Waals surface area contributed by atoms with E-state index in [1.165, 1.54) is 38.5 Å². The number of nitrogens with one attached hydrogen (secondary N) is 1. The minimum atomic E-state index is 0.0579. The Morgan fingerprint density at radius 2 is 1.42 bits per heavy atom. The van der Waals surface area contributed by atoms with Crippen molar-refractivity contribution in [3.8, 4) is 22.5 Å². The fraction of sp³-hybridized carbons (Fsp3) is 0.103. The van der Waals surface area contributed by atoms with Crippen molar-refractivity contribution >= 4 is 21.8 Å². The standard InChI is InChI=1S/C25H24N2.C14H12N2/c1-18-8-6-12-24-22(18)10-7-11-23(24)20-13-15-21(16-14-20)25-26-17-5-4-9-19(2)27(25)3;1-16-13-10-6-5-9-12(13)15-14(16)11-7-3-2-4-8-11/h4-17,25-26H,2H2,1,3H3;2-10H,1H3/b9-4-,17-5-;. The van der Waals surface area contributed by atoms with Crippen LogP contribution in [0.4, 0.5) is 0 Å². The lowest BCUT2D eigenvalue weighted by molar-refractivity contribution is 0.290. The first-order valence-electron chi connectivity index (χ1n) is 14.6. The molecule has 2 heterocycles. The molecular formula is C39H36N4. The normalized spacial score (nSPS) is 16.1. The van der Waals surface area contributed by atoms with E-state index in [1.807, 2.05) is 60.8 Å². The molecule has 43 heavy (non-hydrogen) atoms. The van der Waals surface area contributed by atoms with Crippen LogP contribution in [-0.2, 0) is 7.05 Å². The van der Waals surface area contributed by atoms with E-state index >= 15 is 0 Å². The third kappa shape index (κ3) is 5.73. The molecule has 0 amide bonds. The predicted octanol–water partition coefficient (Wildman–Crippen LogP) is 9.17. The summed E-state index contributed by atoms with van der Waals surface area (Å²) >= 11 is 0. The molecule has 1 atom stereocenters. The first-order valence-corrected chi connectivity index (χ1v) is 14.6. The Morgan fingerprint density at radius 1 is 0.698 bits per heavy atom. The van der Waals surface area contributed by atoms with Crippen LogP contribution in [0.2, 0.25) is 0 Å². The number of imidazole rings is 1. The molecular weight excluding hydrogens is 524 g/mol. The summed E-state index contributed by atoms with van der Waals surface area (Å²) in [7, 11) is 4.11. The van der Waals surface area contributed by atoms with E-state index in [4.69, 9.17) is 0 Å². The topological polar surface area (TPSA) is 33.1 Å². The Hall–Kier alpha value is -5.35. The van der Waals surface area contributed by atoms with Crippen LogP contribution in [-0.4, -0.2) is 21.5 Å². The Morgan fingerprint density at radius 3 is 2.21 bits per heavy atom. The predicted molar refractivity (Wildman–Crippen MR) is 181 cm³/mol. The first-order chi connectivity index (χ1) is 21.0. The monoisotopic (exact) mass is 560 g/mol. The second-order valence-electron chi connectivity index (χ2n) is 10.8. The number of fused-ring (bicyclic) bond motifs is 2. The summed E-state index contributed by atoms with van der Waals surface area (Å²) in [6, 6.07) is 40.3. The average molecular weight is 561 g/mol. The Bertz CT molecular complexity index is 1950. The molecule has 1 N–H and O–H groups in total. The first kappa shape index (κ1) is 27.8. The number of likely N-dealkylation sites (N-methyl/N-ethyl adjacent to an activating group) is 1. The van der Waals surface area contributed by atoms with Gasteiger partial charge in [0.25, 0.3) is 0 Å². The van der Waals surface area contributed by atoms with Gasteiger partial charge >= 0.3 is 0 Å². The van der Waals surface area contributed by atoms with Gasteiger partial charge in [-0.15, -0.1) is 0 Å². The highest BCUT2D eigenvalue weighted by atomic mass is 15.2. The second kappa shape index (κ2) is 12.3. The molecule has 6 aromatic rings. The Kier molecular flexibility index (Phi) is 7.92. The van der Waals surface area contributed by atoms with Crippen molar-refractivity contribution in [2.45, 2.75) is 13.1 Å². The van der Waals surface area contributed by atoms with Crippen LogP contribution in [0, 0.1) is 6.92 Å². The van der Waals surface area contributed by atoms with Gasteiger partial charge in [0.1, 0.15) is 12.0 Å². The number of aryl methyl sites for hydroxylation is 2. The third-order valence-corrected chi connectivity index (χ3v) is 8.09. The molecule has 0 bridgehead atoms. The van der Waals surface area contributed by atoms with Gasteiger partial charge in [-0.05, 0) is 70.4 Å². The number of allylic oxidation sites excluding steroid dienone is 3. The van der Waals surface area contributed by atoms with Gasteiger partial charge in [0, 0.05) is 25.4 Å². The van der Waals surface area contributed by atoms with Gasteiger partial charge in [-0.1, -0.05) is 116 Å². The number of hydrogen-bond acceptors (Lipinski definition) is 3. The van der Waals surface area contributed by atoms with Crippen molar-refractivity contribution in [1.82, 2.24) is 19.8 Å². The molecule has 4 nitrogen and oxygen atoms in total.